The molecule has 4 nitrogen and oxygen atoms in total. The van der Waals surface area contributed by atoms with Crippen molar-refractivity contribution in [3.8, 4) is 0 Å². The second-order valence-electron chi connectivity index (χ2n) is 8.36. The van der Waals surface area contributed by atoms with Crippen LogP contribution in [0.25, 0.3) is 21.5 Å². The van der Waals surface area contributed by atoms with Crippen LogP contribution >= 0.6 is 0 Å². The number of carbonyl (C=O) groups excluding carboxylic acids is 2. The van der Waals surface area contributed by atoms with Crippen molar-refractivity contribution in [2.45, 2.75) is 6.54 Å². The van der Waals surface area contributed by atoms with E-state index in [4.69, 9.17) is 0 Å². The second kappa shape index (κ2) is 9.20. The Morgan fingerprint density at radius 2 is 1.18 bits per heavy atom. The van der Waals surface area contributed by atoms with Gasteiger partial charge < -0.3 is 4.90 Å². The number of fused-ring (bicyclic) bond motifs is 2. The summed E-state index contributed by atoms with van der Waals surface area (Å²) in [6.07, 6.45) is 0. The van der Waals surface area contributed by atoms with Gasteiger partial charge in [0.25, 0.3) is 5.91 Å². The van der Waals surface area contributed by atoms with Gasteiger partial charge in [0, 0.05) is 19.2 Å². The lowest BCUT2D eigenvalue weighted by Gasteiger charge is -2.27. The number of rotatable bonds is 4. The molecule has 5 aromatic rings. The number of carbonyl (C=O) groups is 2. The molecule has 0 radical (unpaired) electrons. The Morgan fingerprint density at radius 1 is 0.618 bits per heavy atom. The van der Waals surface area contributed by atoms with E-state index in [0.29, 0.717) is 17.8 Å². The van der Waals surface area contributed by atoms with Gasteiger partial charge in [-0.1, -0.05) is 91.0 Å². The van der Waals surface area contributed by atoms with Gasteiger partial charge in [-0.15, -0.1) is 0 Å². The third kappa shape index (κ3) is 4.26. The Kier molecular flexibility index (Phi) is 5.79. The topological polar surface area (TPSA) is 40.6 Å². The summed E-state index contributed by atoms with van der Waals surface area (Å²) in [7, 11) is 1.72. The number of urea groups is 1. The SMILES string of the molecule is CN(Cc1ccccc1)C(=O)N(C(=O)c1ccc2ccccc2c1)c1ccc2ccccc2c1. The average Bonchev–Trinajstić information content (AvgIpc) is 2.89. The molecule has 0 saturated heterocycles. The molecule has 0 atom stereocenters. The smallest absolute Gasteiger partial charge is 0.323 e. The zero-order valence-electron chi connectivity index (χ0n) is 18.9. The summed E-state index contributed by atoms with van der Waals surface area (Å²) in [5.41, 5.74) is 2.00. The van der Waals surface area contributed by atoms with E-state index in [0.717, 1.165) is 27.1 Å². The van der Waals surface area contributed by atoms with Crippen molar-refractivity contribution in [1.29, 1.82) is 0 Å². The third-order valence-corrected chi connectivity index (χ3v) is 5.97. The standard InChI is InChI=1S/C30H24N2O2/c1-31(21-22-9-3-2-4-10-22)30(34)32(28-18-17-24-12-6-8-14-26(24)20-28)29(33)27-16-15-23-11-5-7-13-25(23)19-27/h2-20H,21H2,1H3. The van der Waals surface area contributed by atoms with Gasteiger partial charge in [0.2, 0.25) is 0 Å². The number of hydrogen-bond donors (Lipinski definition) is 0. The van der Waals surface area contributed by atoms with E-state index >= 15 is 0 Å². The molecule has 0 heterocycles. The lowest BCUT2D eigenvalue weighted by atomic mass is 10.1. The number of nitrogens with zero attached hydrogens (tertiary/aromatic N) is 2. The van der Waals surface area contributed by atoms with Crippen molar-refractivity contribution < 1.29 is 9.59 Å². The Labute approximate surface area is 198 Å². The fourth-order valence-corrected chi connectivity index (χ4v) is 4.18. The molecule has 0 aliphatic rings. The molecule has 0 spiro atoms. The lowest BCUT2D eigenvalue weighted by molar-refractivity contribution is 0.0987. The first-order chi connectivity index (χ1) is 16.6. The molecular weight excluding hydrogens is 420 g/mol. The molecule has 5 rings (SSSR count). The number of amides is 3. The zero-order valence-corrected chi connectivity index (χ0v) is 18.9. The first-order valence-corrected chi connectivity index (χ1v) is 11.2. The van der Waals surface area contributed by atoms with Crippen molar-refractivity contribution in [2.24, 2.45) is 0 Å². The first kappa shape index (κ1) is 21.4. The molecule has 0 aliphatic carbocycles. The number of imide groups is 1. The summed E-state index contributed by atoms with van der Waals surface area (Å²) < 4.78 is 0. The molecule has 0 aromatic heterocycles. The van der Waals surface area contributed by atoms with Crippen molar-refractivity contribution in [3.05, 3.63) is 126 Å². The Morgan fingerprint density at radius 3 is 1.85 bits per heavy atom. The van der Waals surface area contributed by atoms with Crippen LogP contribution in [0.4, 0.5) is 10.5 Å². The Hall–Kier alpha value is -4.44. The zero-order chi connectivity index (χ0) is 23.5. The van der Waals surface area contributed by atoms with Crippen LogP contribution in [0.2, 0.25) is 0 Å². The molecular formula is C30H24N2O2. The van der Waals surface area contributed by atoms with Crippen LogP contribution in [-0.4, -0.2) is 23.9 Å². The first-order valence-electron chi connectivity index (χ1n) is 11.2. The van der Waals surface area contributed by atoms with E-state index in [1.54, 1.807) is 18.0 Å². The van der Waals surface area contributed by atoms with E-state index in [9.17, 15) is 9.59 Å². The summed E-state index contributed by atoms with van der Waals surface area (Å²) in [5, 5.41) is 4.02. The Balaban J connectivity index is 1.56. The van der Waals surface area contributed by atoms with Crippen molar-refractivity contribution in [3.63, 3.8) is 0 Å². The van der Waals surface area contributed by atoms with E-state index in [2.05, 4.69) is 0 Å². The maximum absolute atomic E-state index is 13.8. The largest absolute Gasteiger partial charge is 0.331 e. The molecule has 5 aromatic carbocycles. The van der Waals surface area contributed by atoms with Crippen LogP contribution in [-0.2, 0) is 6.54 Å². The molecule has 0 aliphatic heterocycles. The molecule has 0 saturated carbocycles. The van der Waals surface area contributed by atoms with Crippen LogP contribution in [0.15, 0.2) is 115 Å². The molecule has 0 N–H and O–H groups in total. The number of hydrogen-bond acceptors (Lipinski definition) is 2. The van der Waals surface area contributed by atoms with Gasteiger partial charge in [0.1, 0.15) is 0 Å². The van der Waals surface area contributed by atoms with Crippen LogP contribution in [0.1, 0.15) is 15.9 Å². The van der Waals surface area contributed by atoms with E-state index in [-0.39, 0.29) is 11.9 Å². The molecule has 3 amide bonds. The quantitative estimate of drug-likeness (QED) is 0.303. The monoisotopic (exact) mass is 444 g/mol. The van der Waals surface area contributed by atoms with Crippen molar-refractivity contribution in [1.82, 2.24) is 4.90 Å². The highest BCUT2D eigenvalue weighted by atomic mass is 16.2. The van der Waals surface area contributed by atoms with Crippen molar-refractivity contribution >= 4 is 39.2 Å². The summed E-state index contributed by atoms with van der Waals surface area (Å²) in [6.45, 7) is 0.398. The molecule has 4 heteroatoms. The fourth-order valence-electron chi connectivity index (χ4n) is 4.18. The minimum Gasteiger partial charge on any atom is -0.323 e. The molecule has 34 heavy (non-hydrogen) atoms. The second-order valence-corrected chi connectivity index (χ2v) is 8.36. The van der Waals surface area contributed by atoms with E-state index < -0.39 is 0 Å². The summed E-state index contributed by atoms with van der Waals surface area (Å²) in [6, 6.07) is 36.4. The molecule has 166 valence electrons. The minimum absolute atomic E-state index is 0.356. The van der Waals surface area contributed by atoms with Gasteiger partial charge in [0.15, 0.2) is 0 Å². The van der Waals surface area contributed by atoms with E-state index in [1.807, 2.05) is 109 Å². The van der Waals surface area contributed by atoms with Gasteiger partial charge in [-0.25, -0.2) is 9.69 Å². The number of benzene rings is 5. The maximum Gasteiger partial charge on any atom is 0.331 e. The number of anilines is 1. The summed E-state index contributed by atoms with van der Waals surface area (Å²) in [4.78, 5) is 30.3. The van der Waals surface area contributed by atoms with E-state index in [1.165, 1.54) is 4.90 Å². The van der Waals surface area contributed by atoms with Gasteiger partial charge >= 0.3 is 6.03 Å². The van der Waals surface area contributed by atoms with Gasteiger partial charge in [-0.05, 0) is 51.4 Å². The minimum atomic E-state index is -0.378. The third-order valence-electron chi connectivity index (χ3n) is 5.97. The highest BCUT2D eigenvalue weighted by molar-refractivity contribution is 6.21. The predicted molar refractivity (Wildman–Crippen MR) is 138 cm³/mol. The lowest BCUT2D eigenvalue weighted by Crippen LogP contribution is -2.44. The molecule has 0 fully saturated rings. The fraction of sp³-hybridized carbons (Fsp3) is 0.0667. The van der Waals surface area contributed by atoms with Crippen LogP contribution in [0.5, 0.6) is 0 Å². The summed E-state index contributed by atoms with van der Waals surface area (Å²) in [5.74, 6) is -0.356. The predicted octanol–water partition coefficient (Wildman–Crippen LogP) is 6.89. The van der Waals surface area contributed by atoms with Crippen LogP contribution < -0.4 is 4.90 Å². The van der Waals surface area contributed by atoms with Crippen LogP contribution in [0, 0.1) is 0 Å². The van der Waals surface area contributed by atoms with Crippen molar-refractivity contribution in [2.75, 3.05) is 11.9 Å². The highest BCUT2D eigenvalue weighted by Crippen LogP contribution is 2.26. The van der Waals surface area contributed by atoms with Gasteiger partial charge in [-0.3, -0.25) is 4.79 Å². The highest BCUT2D eigenvalue weighted by Gasteiger charge is 2.28. The Bertz CT molecular complexity index is 1490. The van der Waals surface area contributed by atoms with Gasteiger partial charge in [0.05, 0.1) is 5.69 Å². The maximum atomic E-state index is 13.8. The van der Waals surface area contributed by atoms with Crippen LogP contribution in [0.3, 0.4) is 0 Å². The average molecular weight is 445 g/mol. The van der Waals surface area contributed by atoms with Gasteiger partial charge in [-0.2, -0.15) is 0 Å². The summed E-state index contributed by atoms with van der Waals surface area (Å²) >= 11 is 0. The normalized spacial score (nSPS) is 10.9. The molecule has 0 unspecified atom stereocenters. The molecule has 0 bridgehead atoms.